The third kappa shape index (κ3) is 3.73. The fourth-order valence-electron chi connectivity index (χ4n) is 5.54. The van der Waals surface area contributed by atoms with Gasteiger partial charge in [0.15, 0.2) is 23.0 Å². The van der Waals surface area contributed by atoms with Crippen LogP contribution in [-0.2, 0) is 6.54 Å². The predicted molar refractivity (Wildman–Crippen MR) is 134 cm³/mol. The summed E-state index contributed by atoms with van der Waals surface area (Å²) in [6.07, 6.45) is 6.66. The van der Waals surface area contributed by atoms with Crippen LogP contribution in [-0.4, -0.2) is 59.8 Å². The molecule has 190 valence electrons. The van der Waals surface area contributed by atoms with Gasteiger partial charge in [-0.3, -0.25) is 4.68 Å². The van der Waals surface area contributed by atoms with Crippen molar-refractivity contribution in [1.82, 2.24) is 29.4 Å². The maximum absolute atomic E-state index is 14.5. The molecule has 2 fully saturated rings. The Bertz CT molecular complexity index is 1460. The van der Waals surface area contributed by atoms with E-state index in [1.807, 2.05) is 17.8 Å². The molecule has 1 aromatic carbocycles. The van der Waals surface area contributed by atoms with Crippen molar-refractivity contribution in [2.45, 2.75) is 70.1 Å². The van der Waals surface area contributed by atoms with Gasteiger partial charge in [0, 0.05) is 36.2 Å². The summed E-state index contributed by atoms with van der Waals surface area (Å²) in [4.78, 5) is 11.6. The number of fused-ring (bicyclic) bond motifs is 3. The Balaban J connectivity index is 1.32. The fourth-order valence-corrected chi connectivity index (χ4v) is 5.54. The number of nitrogen functional groups attached to an aromatic ring is 1. The van der Waals surface area contributed by atoms with Gasteiger partial charge in [0.25, 0.3) is 0 Å². The summed E-state index contributed by atoms with van der Waals surface area (Å²) < 4.78 is 23.0. The molecule has 3 aromatic heterocycles. The minimum Gasteiger partial charge on any atom is -0.494 e. The smallest absolute Gasteiger partial charge is 0.223 e. The van der Waals surface area contributed by atoms with Crippen molar-refractivity contribution in [1.29, 1.82) is 0 Å². The third-order valence-corrected chi connectivity index (χ3v) is 7.80. The van der Waals surface area contributed by atoms with E-state index >= 15 is 0 Å². The van der Waals surface area contributed by atoms with Crippen molar-refractivity contribution in [3.05, 3.63) is 35.7 Å². The van der Waals surface area contributed by atoms with E-state index in [1.165, 1.54) is 23.8 Å². The second-order valence-corrected chi connectivity index (χ2v) is 10.3. The van der Waals surface area contributed by atoms with Crippen LogP contribution in [0.1, 0.15) is 56.5 Å². The Morgan fingerprint density at radius 1 is 1.22 bits per heavy atom. The first-order chi connectivity index (χ1) is 17.2. The van der Waals surface area contributed by atoms with Gasteiger partial charge in [-0.25, -0.2) is 14.4 Å². The number of piperidine rings is 1. The van der Waals surface area contributed by atoms with Crippen LogP contribution in [0.2, 0.25) is 0 Å². The molecule has 3 N–H and O–H groups in total. The zero-order valence-electron chi connectivity index (χ0n) is 20.8. The SMILES string of the molecule is COc1cc2nc(N)n3nc([C@H]4CC[C@@H](C)N(c5cn(CC6(O)CCC6)nc5C)C4)nc3c2cc1F. The number of hydrogen-bond acceptors (Lipinski definition) is 8. The average molecular weight is 495 g/mol. The molecule has 2 atom stereocenters. The van der Waals surface area contributed by atoms with Gasteiger partial charge in [-0.05, 0) is 52.0 Å². The number of ether oxygens (including phenoxy) is 1. The molecule has 0 spiro atoms. The van der Waals surface area contributed by atoms with E-state index in [2.05, 4.69) is 16.8 Å². The van der Waals surface area contributed by atoms with Gasteiger partial charge in [0.05, 0.1) is 36.2 Å². The molecule has 1 aliphatic heterocycles. The number of anilines is 2. The zero-order chi connectivity index (χ0) is 25.2. The molecule has 4 heterocycles. The quantitative estimate of drug-likeness (QED) is 0.434. The lowest BCUT2D eigenvalue weighted by atomic mass is 9.80. The Morgan fingerprint density at radius 2 is 2.03 bits per heavy atom. The van der Waals surface area contributed by atoms with Gasteiger partial charge < -0.3 is 20.5 Å². The van der Waals surface area contributed by atoms with Crippen molar-refractivity contribution >= 4 is 28.2 Å². The maximum Gasteiger partial charge on any atom is 0.223 e. The van der Waals surface area contributed by atoms with Gasteiger partial charge in [-0.2, -0.15) is 9.61 Å². The van der Waals surface area contributed by atoms with Crippen LogP contribution in [0.5, 0.6) is 5.75 Å². The number of rotatable bonds is 5. The number of methoxy groups -OCH3 is 1. The molecule has 0 amide bonds. The largest absolute Gasteiger partial charge is 0.494 e. The van der Waals surface area contributed by atoms with Crippen LogP contribution in [0, 0.1) is 12.7 Å². The number of halogens is 1. The summed E-state index contributed by atoms with van der Waals surface area (Å²) >= 11 is 0. The second-order valence-electron chi connectivity index (χ2n) is 10.3. The van der Waals surface area contributed by atoms with Crippen molar-refractivity contribution in [2.75, 3.05) is 24.3 Å². The van der Waals surface area contributed by atoms with E-state index in [1.54, 1.807) is 0 Å². The van der Waals surface area contributed by atoms with Gasteiger partial charge in [-0.1, -0.05) is 0 Å². The lowest BCUT2D eigenvalue weighted by Crippen LogP contribution is -2.42. The van der Waals surface area contributed by atoms with E-state index in [-0.39, 0.29) is 17.6 Å². The first-order valence-corrected chi connectivity index (χ1v) is 12.5. The number of nitrogens with zero attached hydrogens (tertiary/aromatic N) is 7. The van der Waals surface area contributed by atoms with Gasteiger partial charge in [0.1, 0.15) is 0 Å². The van der Waals surface area contributed by atoms with E-state index in [4.69, 9.17) is 25.7 Å². The Hall–Kier alpha value is -3.47. The summed E-state index contributed by atoms with van der Waals surface area (Å²) in [6, 6.07) is 3.23. The highest BCUT2D eigenvalue weighted by atomic mass is 19.1. The van der Waals surface area contributed by atoms with E-state index in [9.17, 15) is 9.50 Å². The van der Waals surface area contributed by atoms with Crippen LogP contribution in [0.25, 0.3) is 16.6 Å². The van der Waals surface area contributed by atoms with E-state index in [0.29, 0.717) is 35.0 Å². The third-order valence-electron chi connectivity index (χ3n) is 7.80. The number of aryl methyl sites for hydroxylation is 1. The van der Waals surface area contributed by atoms with Crippen LogP contribution in [0.15, 0.2) is 18.3 Å². The highest BCUT2D eigenvalue weighted by molar-refractivity contribution is 5.93. The molecule has 4 aromatic rings. The number of aliphatic hydroxyl groups is 1. The number of hydrogen-bond donors (Lipinski definition) is 2. The lowest BCUT2D eigenvalue weighted by Gasteiger charge is -2.38. The van der Waals surface area contributed by atoms with Gasteiger partial charge in [0.2, 0.25) is 5.95 Å². The van der Waals surface area contributed by atoms with Crippen LogP contribution in [0.4, 0.5) is 16.0 Å². The van der Waals surface area contributed by atoms with Crippen molar-refractivity contribution in [2.24, 2.45) is 0 Å². The molecule has 36 heavy (non-hydrogen) atoms. The highest BCUT2D eigenvalue weighted by Crippen LogP contribution is 2.36. The minimum atomic E-state index is -0.632. The lowest BCUT2D eigenvalue weighted by molar-refractivity contribution is -0.0498. The van der Waals surface area contributed by atoms with Crippen LogP contribution >= 0.6 is 0 Å². The second kappa shape index (κ2) is 8.29. The predicted octanol–water partition coefficient (Wildman–Crippen LogP) is 3.20. The van der Waals surface area contributed by atoms with Crippen molar-refractivity contribution in [3.8, 4) is 5.75 Å². The van der Waals surface area contributed by atoms with Crippen molar-refractivity contribution < 1.29 is 14.2 Å². The molecule has 0 bridgehead atoms. The molecule has 0 radical (unpaired) electrons. The molecule has 0 unspecified atom stereocenters. The Labute approximate surface area is 207 Å². The maximum atomic E-state index is 14.5. The number of aromatic nitrogens is 6. The summed E-state index contributed by atoms with van der Waals surface area (Å²) in [7, 11) is 1.41. The molecule has 1 aliphatic carbocycles. The zero-order valence-corrected chi connectivity index (χ0v) is 20.8. The van der Waals surface area contributed by atoms with E-state index < -0.39 is 11.4 Å². The average Bonchev–Trinajstić information content (AvgIpc) is 3.43. The first-order valence-electron chi connectivity index (χ1n) is 12.5. The summed E-state index contributed by atoms with van der Waals surface area (Å²) in [5.41, 5.74) is 8.57. The molecule has 1 saturated carbocycles. The molecule has 1 saturated heterocycles. The summed E-state index contributed by atoms with van der Waals surface area (Å²) in [5.74, 6) is 0.544. The van der Waals surface area contributed by atoms with Gasteiger partial charge >= 0.3 is 0 Å². The normalized spacial score (nSPS) is 21.8. The standard InChI is InChI=1S/C25H31FN8O2/c1-14-5-6-16(11-33(14)20-12-32(30-15(20)2)13-25(35)7-4-8-25)22-29-23-17-9-18(26)21(36-3)10-19(17)28-24(27)34(23)31-22/h9-10,12,14,16,35H,4-8,11,13H2,1-3H3,(H2,27,28)/t14-,16+/m1/s1. The summed E-state index contributed by atoms with van der Waals surface area (Å²) in [6.45, 7) is 5.48. The Morgan fingerprint density at radius 3 is 2.75 bits per heavy atom. The van der Waals surface area contributed by atoms with Crippen LogP contribution in [0.3, 0.4) is 0 Å². The van der Waals surface area contributed by atoms with Crippen LogP contribution < -0.4 is 15.4 Å². The molecule has 6 rings (SSSR count). The molecular formula is C25H31FN8O2. The Kier molecular flexibility index (Phi) is 5.29. The number of benzene rings is 1. The monoisotopic (exact) mass is 494 g/mol. The molecule has 2 aliphatic rings. The number of nitrogens with two attached hydrogens (primary N) is 1. The van der Waals surface area contributed by atoms with E-state index in [0.717, 1.165) is 50.0 Å². The fraction of sp³-hybridized carbons (Fsp3) is 0.520. The molecular weight excluding hydrogens is 463 g/mol. The minimum absolute atomic E-state index is 0.0669. The topological polar surface area (TPSA) is 120 Å². The van der Waals surface area contributed by atoms with Gasteiger partial charge in [-0.15, -0.1) is 5.10 Å². The molecule has 10 nitrogen and oxygen atoms in total. The molecule has 11 heteroatoms. The first kappa shape index (κ1) is 23.0. The van der Waals surface area contributed by atoms with Crippen molar-refractivity contribution in [3.63, 3.8) is 0 Å². The summed E-state index contributed by atoms with van der Waals surface area (Å²) in [5, 5.41) is 20.5. The highest BCUT2D eigenvalue weighted by Gasteiger charge is 2.36.